The normalized spacial score (nSPS) is 14.6. The second kappa shape index (κ2) is 27.4. The Morgan fingerprint density at radius 1 is 0.735 bits per heavy atom. The van der Waals surface area contributed by atoms with Gasteiger partial charge >= 0.3 is 11.9 Å². The van der Waals surface area contributed by atoms with Gasteiger partial charge in [0.2, 0.25) is 5.91 Å². The van der Waals surface area contributed by atoms with Gasteiger partial charge in [-0.15, -0.1) is 0 Å². The van der Waals surface area contributed by atoms with Crippen molar-refractivity contribution in [3.8, 4) is 0 Å². The summed E-state index contributed by atoms with van der Waals surface area (Å²) in [6.45, 7) is 9.83. The molecule has 12 heteroatoms. The number of unbranched alkanes of at least 4 members (excludes halogenated alkanes) is 7. The van der Waals surface area contributed by atoms with Crippen LogP contribution in [-0.4, -0.2) is 127 Å². The highest BCUT2D eigenvalue weighted by Crippen LogP contribution is 2.30. The van der Waals surface area contributed by atoms with Crippen molar-refractivity contribution in [1.82, 2.24) is 20.0 Å². The Bertz CT molecular complexity index is 965. The van der Waals surface area contributed by atoms with E-state index in [1.54, 1.807) is 0 Å². The molecule has 0 aromatic rings. The van der Waals surface area contributed by atoms with Crippen molar-refractivity contribution >= 4 is 37.2 Å². The molecule has 1 aliphatic rings. The van der Waals surface area contributed by atoms with Gasteiger partial charge in [-0.1, -0.05) is 72.1 Å². The Balaban J connectivity index is 2.68. The average molecular weight is 691 g/mol. The first-order chi connectivity index (χ1) is 23.5. The van der Waals surface area contributed by atoms with Crippen molar-refractivity contribution in [2.45, 2.75) is 136 Å². The van der Waals surface area contributed by atoms with Gasteiger partial charge in [0.05, 0.1) is 24.8 Å². The number of Topliss-reactive ketones (excluding diaryl/α,β-unsaturated/α-hetero) is 1. The molecule has 49 heavy (non-hydrogen) atoms. The SMILES string of the molecule is [B]C(=O)CCCCCCCCCCNC(=O)CCC(C(=O)C1CCC1)N(CCC)CCN(CCN(CCC(C)CC)CC(=O)O)CC(=O)O. The smallest absolute Gasteiger partial charge is 0.317 e. The first-order valence-electron chi connectivity index (χ1n) is 19.2. The molecule has 11 nitrogen and oxygen atoms in total. The van der Waals surface area contributed by atoms with Crippen molar-refractivity contribution in [1.29, 1.82) is 0 Å². The molecule has 0 aromatic carbocycles. The van der Waals surface area contributed by atoms with Crippen molar-refractivity contribution in [3.05, 3.63) is 0 Å². The lowest BCUT2D eigenvalue weighted by molar-refractivity contribution is -0.140. The molecule has 1 amide bonds. The fourth-order valence-electron chi connectivity index (χ4n) is 6.33. The topological polar surface area (TPSA) is 148 Å². The maximum Gasteiger partial charge on any atom is 0.317 e. The summed E-state index contributed by atoms with van der Waals surface area (Å²) in [6.07, 6.45) is 15.1. The van der Waals surface area contributed by atoms with Gasteiger partial charge in [0, 0.05) is 45.1 Å². The van der Waals surface area contributed by atoms with Crippen LogP contribution in [0.4, 0.5) is 0 Å². The third-order valence-corrected chi connectivity index (χ3v) is 9.89. The lowest BCUT2D eigenvalue weighted by Crippen LogP contribution is -2.50. The highest BCUT2D eigenvalue weighted by atomic mass is 16.4. The van der Waals surface area contributed by atoms with E-state index in [0.717, 1.165) is 89.9 Å². The van der Waals surface area contributed by atoms with Gasteiger partial charge in [0.1, 0.15) is 0 Å². The molecular formula is C37H67BN4O7. The van der Waals surface area contributed by atoms with Crippen LogP contribution in [0.15, 0.2) is 0 Å². The van der Waals surface area contributed by atoms with E-state index < -0.39 is 11.9 Å². The lowest BCUT2D eigenvalue weighted by Gasteiger charge is -2.36. The number of carbonyl (C=O) groups excluding carboxylic acids is 3. The minimum absolute atomic E-state index is 0.0285. The van der Waals surface area contributed by atoms with Crippen molar-refractivity contribution in [3.63, 3.8) is 0 Å². The summed E-state index contributed by atoms with van der Waals surface area (Å²) in [4.78, 5) is 66.4. The van der Waals surface area contributed by atoms with Gasteiger partial charge in [-0.3, -0.25) is 33.9 Å². The molecule has 0 aromatic heterocycles. The van der Waals surface area contributed by atoms with Crippen LogP contribution >= 0.6 is 0 Å². The molecule has 2 unspecified atom stereocenters. The van der Waals surface area contributed by atoms with Gasteiger partial charge in [-0.25, -0.2) is 0 Å². The molecule has 1 aliphatic carbocycles. The second-order valence-corrected chi connectivity index (χ2v) is 14.2. The number of carbonyl (C=O) groups is 5. The molecule has 0 bridgehead atoms. The Morgan fingerprint density at radius 2 is 1.29 bits per heavy atom. The van der Waals surface area contributed by atoms with Crippen molar-refractivity contribution in [2.75, 3.05) is 58.9 Å². The van der Waals surface area contributed by atoms with E-state index in [1.165, 1.54) is 0 Å². The number of hydrogen-bond acceptors (Lipinski definition) is 8. The Morgan fingerprint density at radius 3 is 1.80 bits per heavy atom. The highest BCUT2D eigenvalue weighted by molar-refractivity contribution is 6.57. The predicted molar refractivity (Wildman–Crippen MR) is 195 cm³/mol. The van der Waals surface area contributed by atoms with E-state index in [-0.39, 0.29) is 48.8 Å². The number of aliphatic carboxylic acids is 2. The van der Waals surface area contributed by atoms with Crippen molar-refractivity contribution in [2.24, 2.45) is 11.8 Å². The number of carboxylic acid groups (broad SMARTS) is 2. The van der Waals surface area contributed by atoms with Gasteiger partial charge in [-0.2, -0.15) is 0 Å². The maximum absolute atomic E-state index is 13.7. The summed E-state index contributed by atoms with van der Waals surface area (Å²) in [7, 11) is 5.18. The summed E-state index contributed by atoms with van der Waals surface area (Å²) in [5, 5.41) is 22.1. The van der Waals surface area contributed by atoms with E-state index in [4.69, 9.17) is 7.85 Å². The third kappa shape index (κ3) is 22.2. The average Bonchev–Trinajstić information content (AvgIpc) is 3.01. The zero-order valence-electron chi connectivity index (χ0n) is 31.0. The van der Waals surface area contributed by atoms with Gasteiger partial charge in [0.15, 0.2) is 13.6 Å². The molecule has 2 radical (unpaired) electrons. The number of hydrogen-bond donors (Lipinski definition) is 3. The van der Waals surface area contributed by atoms with Crippen LogP contribution in [0.2, 0.25) is 0 Å². The predicted octanol–water partition coefficient (Wildman–Crippen LogP) is 4.75. The molecule has 0 saturated heterocycles. The van der Waals surface area contributed by atoms with E-state index in [2.05, 4.69) is 31.0 Å². The van der Waals surface area contributed by atoms with E-state index in [9.17, 15) is 34.2 Å². The van der Waals surface area contributed by atoms with Crippen LogP contribution in [-0.2, 0) is 24.0 Å². The zero-order valence-corrected chi connectivity index (χ0v) is 31.0. The minimum Gasteiger partial charge on any atom is -0.480 e. The monoisotopic (exact) mass is 691 g/mol. The first-order valence-corrected chi connectivity index (χ1v) is 19.2. The van der Waals surface area contributed by atoms with Crippen LogP contribution < -0.4 is 5.32 Å². The fourth-order valence-corrected chi connectivity index (χ4v) is 6.33. The largest absolute Gasteiger partial charge is 0.480 e. The number of rotatable bonds is 33. The van der Waals surface area contributed by atoms with Crippen LogP contribution in [0.1, 0.15) is 130 Å². The molecule has 0 heterocycles. The maximum atomic E-state index is 13.7. The second-order valence-electron chi connectivity index (χ2n) is 14.2. The summed E-state index contributed by atoms with van der Waals surface area (Å²) >= 11 is 0. The standard InChI is InChI=1S/C37H67BN4O7/c1-4-22-42(27-26-41(29-36(47)48)25-24-40(28-35(45)46)23-20-30(3)5-2)32(37(49)31-15-14-16-31)18-19-34(44)39-21-13-11-9-7-6-8-10-12-17-33(38)43/h30-32H,4-29H2,1-3H3,(H,39,44)(H,45,46)(H,47,48). The Hall–Kier alpha value is -2.31. The summed E-state index contributed by atoms with van der Waals surface area (Å²) in [5.74, 6) is -1.17. The molecule has 2 atom stereocenters. The number of nitrogens with one attached hydrogen (secondary N) is 1. The van der Waals surface area contributed by atoms with E-state index in [0.29, 0.717) is 64.6 Å². The van der Waals surface area contributed by atoms with Crippen LogP contribution in [0.5, 0.6) is 0 Å². The molecule has 1 rings (SSSR count). The third-order valence-electron chi connectivity index (χ3n) is 9.89. The zero-order chi connectivity index (χ0) is 36.4. The molecule has 1 saturated carbocycles. The lowest BCUT2D eigenvalue weighted by atomic mass is 9.78. The minimum atomic E-state index is -0.942. The van der Waals surface area contributed by atoms with Crippen LogP contribution in [0.25, 0.3) is 0 Å². The quantitative estimate of drug-likeness (QED) is 0.0651. The Kier molecular flexibility index (Phi) is 25.0. The number of nitrogens with zero attached hydrogens (tertiary/aromatic N) is 3. The molecule has 0 spiro atoms. The summed E-state index contributed by atoms with van der Waals surface area (Å²) in [5.41, 5.74) is -0.233. The number of ketones is 1. The molecule has 1 fully saturated rings. The summed E-state index contributed by atoms with van der Waals surface area (Å²) < 4.78 is 0. The fraction of sp³-hybridized carbons (Fsp3) is 0.865. The van der Waals surface area contributed by atoms with E-state index >= 15 is 0 Å². The van der Waals surface area contributed by atoms with Gasteiger partial charge < -0.3 is 20.3 Å². The molecule has 3 N–H and O–H groups in total. The van der Waals surface area contributed by atoms with Crippen LogP contribution in [0, 0.1) is 11.8 Å². The molecule has 280 valence electrons. The molecular weight excluding hydrogens is 623 g/mol. The van der Waals surface area contributed by atoms with E-state index in [1.807, 2.05) is 9.80 Å². The number of carboxylic acids is 2. The van der Waals surface area contributed by atoms with Crippen molar-refractivity contribution < 1.29 is 34.2 Å². The van der Waals surface area contributed by atoms with Crippen LogP contribution in [0.3, 0.4) is 0 Å². The number of amides is 1. The summed E-state index contributed by atoms with van der Waals surface area (Å²) in [6, 6.07) is -0.385. The van der Waals surface area contributed by atoms with Gasteiger partial charge in [0.25, 0.3) is 0 Å². The highest BCUT2D eigenvalue weighted by Gasteiger charge is 2.34. The van der Waals surface area contributed by atoms with Gasteiger partial charge in [-0.05, 0) is 70.4 Å². The first kappa shape index (κ1) is 44.7. The molecule has 0 aliphatic heterocycles. The Labute approximate surface area is 297 Å².